The smallest absolute Gasteiger partial charge is 0.174 e. The van der Waals surface area contributed by atoms with Gasteiger partial charge in [-0.15, -0.1) is 10.2 Å². The van der Waals surface area contributed by atoms with Crippen molar-refractivity contribution >= 4 is 39.0 Å². The lowest BCUT2D eigenvalue weighted by Crippen LogP contribution is -1.90. The summed E-state index contributed by atoms with van der Waals surface area (Å²) >= 11 is 6.66. The SMILES string of the molecule is COc1ccc(Br)cc1CSc1nncs1. The van der Waals surface area contributed by atoms with Crippen molar-refractivity contribution < 1.29 is 4.74 Å². The number of nitrogens with zero attached hydrogens (tertiary/aromatic N) is 2. The molecule has 1 aromatic carbocycles. The molecular weight excluding hydrogens is 308 g/mol. The predicted molar refractivity (Wildman–Crippen MR) is 70.2 cm³/mol. The molecule has 16 heavy (non-hydrogen) atoms. The van der Waals surface area contributed by atoms with Crippen LogP contribution in [0.2, 0.25) is 0 Å². The van der Waals surface area contributed by atoms with E-state index in [1.54, 1.807) is 35.7 Å². The van der Waals surface area contributed by atoms with E-state index >= 15 is 0 Å². The van der Waals surface area contributed by atoms with Crippen LogP contribution in [0, 0.1) is 0 Å². The van der Waals surface area contributed by atoms with Crippen LogP contribution >= 0.6 is 39.0 Å². The van der Waals surface area contributed by atoms with E-state index in [0.29, 0.717) is 0 Å². The van der Waals surface area contributed by atoms with Crippen LogP contribution in [0.3, 0.4) is 0 Å². The van der Waals surface area contributed by atoms with Crippen LogP contribution in [-0.4, -0.2) is 17.3 Å². The summed E-state index contributed by atoms with van der Waals surface area (Å²) in [5.74, 6) is 1.73. The molecule has 0 N–H and O–H groups in total. The molecule has 0 saturated heterocycles. The first-order valence-electron chi connectivity index (χ1n) is 4.51. The average Bonchev–Trinajstić information content (AvgIpc) is 2.79. The normalized spacial score (nSPS) is 10.4. The lowest BCUT2D eigenvalue weighted by atomic mass is 10.2. The lowest BCUT2D eigenvalue weighted by Gasteiger charge is -2.07. The second-order valence-electron chi connectivity index (χ2n) is 2.95. The first kappa shape index (κ1) is 11.9. The highest BCUT2D eigenvalue weighted by molar-refractivity contribution is 9.10. The van der Waals surface area contributed by atoms with E-state index in [0.717, 1.165) is 25.9 Å². The van der Waals surface area contributed by atoms with E-state index < -0.39 is 0 Å². The number of benzene rings is 1. The largest absolute Gasteiger partial charge is 0.496 e. The first-order valence-corrected chi connectivity index (χ1v) is 7.17. The molecule has 0 amide bonds. The molecule has 2 rings (SSSR count). The third-order valence-electron chi connectivity index (χ3n) is 1.93. The van der Waals surface area contributed by atoms with E-state index in [-0.39, 0.29) is 0 Å². The van der Waals surface area contributed by atoms with E-state index in [4.69, 9.17) is 4.74 Å². The van der Waals surface area contributed by atoms with Crippen LogP contribution in [-0.2, 0) is 5.75 Å². The summed E-state index contributed by atoms with van der Waals surface area (Å²) in [6, 6.07) is 5.99. The molecule has 0 atom stereocenters. The van der Waals surface area contributed by atoms with E-state index in [1.807, 2.05) is 12.1 Å². The van der Waals surface area contributed by atoms with Gasteiger partial charge in [0.15, 0.2) is 4.34 Å². The van der Waals surface area contributed by atoms with Crippen molar-refractivity contribution in [1.82, 2.24) is 10.2 Å². The van der Waals surface area contributed by atoms with Gasteiger partial charge in [0.05, 0.1) is 7.11 Å². The molecule has 0 aliphatic rings. The maximum atomic E-state index is 5.30. The number of rotatable bonds is 4. The molecule has 0 radical (unpaired) electrons. The molecule has 0 fully saturated rings. The maximum absolute atomic E-state index is 5.30. The van der Waals surface area contributed by atoms with Crippen LogP contribution in [0.4, 0.5) is 0 Å². The van der Waals surface area contributed by atoms with E-state index in [9.17, 15) is 0 Å². The third-order valence-corrected chi connectivity index (χ3v) is 4.34. The van der Waals surface area contributed by atoms with Crippen LogP contribution in [0.15, 0.2) is 32.5 Å². The van der Waals surface area contributed by atoms with Crippen molar-refractivity contribution in [1.29, 1.82) is 0 Å². The van der Waals surface area contributed by atoms with E-state index in [1.165, 1.54) is 0 Å². The quantitative estimate of drug-likeness (QED) is 0.807. The zero-order valence-corrected chi connectivity index (χ0v) is 11.7. The fourth-order valence-electron chi connectivity index (χ4n) is 1.23. The van der Waals surface area contributed by atoms with Gasteiger partial charge in [-0.3, -0.25) is 0 Å². The predicted octanol–water partition coefficient (Wildman–Crippen LogP) is 3.60. The van der Waals surface area contributed by atoms with Gasteiger partial charge in [0.1, 0.15) is 11.3 Å². The molecule has 2 aromatic rings. The molecule has 84 valence electrons. The Morgan fingerprint density at radius 3 is 3.06 bits per heavy atom. The maximum Gasteiger partial charge on any atom is 0.174 e. The van der Waals surface area contributed by atoms with Gasteiger partial charge in [0.2, 0.25) is 0 Å². The number of hydrogen-bond acceptors (Lipinski definition) is 5. The highest BCUT2D eigenvalue weighted by Gasteiger charge is 2.05. The number of methoxy groups -OCH3 is 1. The van der Waals surface area contributed by atoms with Crippen molar-refractivity contribution in [2.75, 3.05) is 7.11 Å². The van der Waals surface area contributed by atoms with Crippen molar-refractivity contribution in [2.24, 2.45) is 0 Å². The molecule has 0 aliphatic carbocycles. The van der Waals surface area contributed by atoms with E-state index in [2.05, 4.69) is 32.2 Å². The molecule has 3 nitrogen and oxygen atoms in total. The van der Waals surface area contributed by atoms with Gasteiger partial charge >= 0.3 is 0 Å². The van der Waals surface area contributed by atoms with Gasteiger partial charge < -0.3 is 4.74 Å². The zero-order valence-electron chi connectivity index (χ0n) is 8.51. The molecule has 0 aliphatic heterocycles. The van der Waals surface area contributed by atoms with Crippen molar-refractivity contribution in [3.05, 3.63) is 33.7 Å². The van der Waals surface area contributed by atoms with Gasteiger partial charge in [-0.05, 0) is 18.2 Å². The molecule has 6 heteroatoms. The van der Waals surface area contributed by atoms with Crippen LogP contribution in [0.25, 0.3) is 0 Å². The number of thioether (sulfide) groups is 1. The van der Waals surface area contributed by atoms with Gasteiger partial charge in [-0.1, -0.05) is 39.0 Å². The Labute approximate surface area is 110 Å². The number of halogens is 1. The molecule has 1 aromatic heterocycles. The van der Waals surface area contributed by atoms with Crippen LogP contribution in [0.5, 0.6) is 5.75 Å². The average molecular weight is 317 g/mol. The summed E-state index contributed by atoms with van der Waals surface area (Å²) in [6.07, 6.45) is 0. The third kappa shape index (κ3) is 2.96. The minimum atomic E-state index is 0.831. The van der Waals surface area contributed by atoms with Crippen LogP contribution in [0.1, 0.15) is 5.56 Å². The second kappa shape index (κ2) is 5.65. The highest BCUT2D eigenvalue weighted by Crippen LogP contribution is 2.30. The molecule has 0 bridgehead atoms. The van der Waals surface area contributed by atoms with Gasteiger partial charge in [0.25, 0.3) is 0 Å². The number of aromatic nitrogens is 2. The lowest BCUT2D eigenvalue weighted by molar-refractivity contribution is 0.411. The standard InChI is InChI=1S/C10H9BrN2OS2/c1-14-9-3-2-8(11)4-7(9)5-15-10-13-12-6-16-10/h2-4,6H,5H2,1H3. The van der Waals surface area contributed by atoms with Crippen LogP contribution < -0.4 is 4.74 Å². The molecule has 0 spiro atoms. The van der Waals surface area contributed by atoms with Gasteiger partial charge in [-0.25, -0.2) is 0 Å². The minimum absolute atomic E-state index is 0.831. The summed E-state index contributed by atoms with van der Waals surface area (Å²) in [6.45, 7) is 0. The van der Waals surface area contributed by atoms with Crippen molar-refractivity contribution in [3.8, 4) is 5.75 Å². The summed E-state index contributed by atoms with van der Waals surface area (Å²) in [5, 5.41) is 7.79. The first-order chi connectivity index (χ1) is 7.79. The summed E-state index contributed by atoms with van der Waals surface area (Å²) in [5.41, 5.74) is 2.89. The Morgan fingerprint density at radius 1 is 1.50 bits per heavy atom. The summed E-state index contributed by atoms with van der Waals surface area (Å²) < 4.78 is 7.33. The second-order valence-corrected chi connectivity index (χ2v) is 5.92. The minimum Gasteiger partial charge on any atom is -0.496 e. The number of ether oxygens (including phenoxy) is 1. The molecule has 1 heterocycles. The molecule has 0 unspecified atom stereocenters. The summed E-state index contributed by atoms with van der Waals surface area (Å²) in [7, 11) is 1.68. The highest BCUT2D eigenvalue weighted by atomic mass is 79.9. The fraction of sp³-hybridized carbons (Fsp3) is 0.200. The number of hydrogen-bond donors (Lipinski definition) is 0. The Hall–Kier alpha value is -0.590. The Morgan fingerprint density at radius 2 is 2.38 bits per heavy atom. The fourth-order valence-corrected chi connectivity index (χ4v) is 3.10. The van der Waals surface area contributed by atoms with Gasteiger partial charge in [-0.2, -0.15) is 0 Å². The Balaban J connectivity index is 2.11. The van der Waals surface area contributed by atoms with Crippen molar-refractivity contribution in [2.45, 2.75) is 10.1 Å². The molecule has 0 saturated carbocycles. The monoisotopic (exact) mass is 316 g/mol. The Bertz CT molecular complexity index is 462. The zero-order chi connectivity index (χ0) is 11.4. The van der Waals surface area contributed by atoms with Crippen molar-refractivity contribution in [3.63, 3.8) is 0 Å². The summed E-state index contributed by atoms with van der Waals surface area (Å²) in [4.78, 5) is 0. The molecular formula is C10H9BrN2OS2. The van der Waals surface area contributed by atoms with Gasteiger partial charge in [0, 0.05) is 15.8 Å². The topological polar surface area (TPSA) is 35.0 Å². The Kier molecular flexibility index (Phi) is 4.20.